The number of hydrogen-bond acceptors (Lipinski definition) is 5. The van der Waals surface area contributed by atoms with Gasteiger partial charge in [-0.2, -0.15) is 0 Å². The van der Waals surface area contributed by atoms with Crippen LogP contribution in [-0.4, -0.2) is 40.3 Å². The van der Waals surface area contributed by atoms with Crippen LogP contribution in [0.2, 0.25) is 0 Å². The minimum absolute atomic E-state index is 0.290. The van der Waals surface area contributed by atoms with E-state index in [0.717, 1.165) is 11.8 Å². The second kappa shape index (κ2) is 7.13. The second-order valence-electron chi connectivity index (χ2n) is 4.55. The summed E-state index contributed by atoms with van der Waals surface area (Å²) in [6, 6.07) is 6.77. The highest BCUT2D eigenvalue weighted by Crippen LogP contribution is 2.33. The molecule has 0 aromatic heterocycles. The number of nitrogens with zero attached hydrogens (tertiary/aromatic N) is 1. The molecule has 0 atom stereocenters. The molecule has 2 amide bonds. The first-order valence-corrected chi connectivity index (χ1v) is 7.53. The number of benzene rings is 1. The first-order valence-electron chi connectivity index (χ1n) is 6.72. The van der Waals surface area contributed by atoms with Crippen molar-refractivity contribution in [3.8, 4) is 5.75 Å². The number of ether oxygens (including phenoxy) is 1. The smallest absolute Gasteiger partial charge is 0.341 e. The topological polar surface area (TPSA) is 83.9 Å². The Balaban J connectivity index is 2.24. The van der Waals surface area contributed by atoms with E-state index < -0.39 is 12.6 Å². The maximum atomic E-state index is 12.2. The number of hydrogen-bond donors (Lipinski definition) is 1. The molecular formula is C15H15NO5S. The highest BCUT2D eigenvalue weighted by Gasteiger charge is 2.34. The second-order valence-corrected chi connectivity index (χ2v) is 5.55. The van der Waals surface area contributed by atoms with Gasteiger partial charge >= 0.3 is 5.97 Å². The maximum absolute atomic E-state index is 12.2. The predicted octanol–water partition coefficient (Wildman–Crippen LogP) is 2.60. The van der Waals surface area contributed by atoms with E-state index in [4.69, 9.17) is 9.84 Å². The van der Waals surface area contributed by atoms with E-state index >= 15 is 0 Å². The molecule has 0 radical (unpaired) electrons. The van der Waals surface area contributed by atoms with E-state index in [1.807, 2.05) is 6.92 Å². The maximum Gasteiger partial charge on any atom is 0.341 e. The van der Waals surface area contributed by atoms with Crippen LogP contribution in [-0.2, 0) is 9.59 Å². The van der Waals surface area contributed by atoms with E-state index in [2.05, 4.69) is 0 Å². The lowest BCUT2D eigenvalue weighted by Gasteiger charge is -2.10. The lowest BCUT2D eigenvalue weighted by Crippen LogP contribution is -2.28. The Morgan fingerprint density at radius 3 is 2.77 bits per heavy atom. The molecule has 116 valence electrons. The minimum atomic E-state index is -1.09. The predicted molar refractivity (Wildman–Crippen MR) is 82.5 cm³/mol. The van der Waals surface area contributed by atoms with Crippen molar-refractivity contribution in [1.29, 1.82) is 0 Å². The first kappa shape index (κ1) is 16.1. The van der Waals surface area contributed by atoms with Crippen molar-refractivity contribution in [2.45, 2.75) is 13.3 Å². The lowest BCUT2D eigenvalue weighted by molar-refractivity contribution is -0.139. The monoisotopic (exact) mass is 321 g/mol. The molecule has 2 rings (SSSR count). The normalized spacial score (nSPS) is 16.4. The molecule has 1 aliphatic heterocycles. The molecular weight excluding hydrogens is 306 g/mol. The van der Waals surface area contributed by atoms with Crippen molar-refractivity contribution in [2.75, 3.05) is 13.2 Å². The van der Waals surface area contributed by atoms with Gasteiger partial charge in [0.05, 0.1) is 4.91 Å². The van der Waals surface area contributed by atoms with E-state index in [9.17, 15) is 14.4 Å². The van der Waals surface area contributed by atoms with Crippen molar-refractivity contribution < 1.29 is 24.2 Å². The molecule has 7 heteroatoms. The van der Waals surface area contributed by atoms with Crippen LogP contribution in [0.5, 0.6) is 5.75 Å². The molecule has 22 heavy (non-hydrogen) atoms. The fourth-order valence-corrected chi connectivity index (χ4v) is 2.78. The van der Waals surface area contributed by atoms with Crippen molar-refractivity contribution in [3.05, 3.63) is 34.7 Å². The van der Waals surface area contributed by atoms with Crippen molar-refractivity contribution in [1.82, 2.24) is 4.90 Å². The van der Waals surface area contributed by atoms with Gasteiger partial charge in [0.1, 0.15) is 5.75 Å². The Kier molecular flexibility index (Phi) is 5.21. The van der Waals surface area contributed by atoms with Gasteiger partial charge in [0.25, 0.3) is 11.1 Å². The average Bonchev–Trinajstić information content (AvgIpc) is 2.74. The third-order valence-electron chi connectivity index (χ3n) is 2.88. The van der Waals surface area contributed by atoms with E-state index in [1.165, 1.54) is 4.90 Å². The third-order valence-corrected chi connectivity index (χ3v) is 3.78. The van der Waals surface area contributed by atoms with E-state index in [-0.39, 0.29) is 11.1 Å². The van der Waals surface area contributed by atoms with Crippen LogP contribution in [0.4, 0.5) is 4.79 Å². The molecule has 0 saturated carbocycles. The largest absolute Gasteiger partial charge is 0.481 e. The lowest BCUT2D eigenvalue weighted by atomic mass is 10.2. The third kappa shape index (κ3) is 3.67. The van der Waals surface area contributed by atoms with Gasteiger partial charge in [0.2, 0.25) is 0 Å². The summed E-state index contributed by atoms with van der Waals surface area (Å²) in [6.45, 7) is 1.81. The summed E-state index contributed by atoms with van der Waals surface area (Å²) in [7, 11) is 0. The van der Waals surface area contributed by atoms with Gasteiger partial charge in [-0.15, -0.1) is 0 Å². The molecule has 1 aromatic carbocycles. The molecule has 0 aliphatic carbocycles. The van der Waals surface area contributed by atoms with Crippen LogP contribution < -0.4 is 4.74 Å². The summed E-state index contributed by atoms with van der Waals surface area (Å²) in [5.74, 6) is -1.06. The Labute approximate surface area is 131 Å². The zero-order chi connectivity index (χ0) is 16.1. The van der Waals surface area contributed by atoms with Crippen LogP contribution in [0, 0.1) is 0 Å². The number of carbonyl (C=O) groups excluding carboxylic acids is 2. The number of carboxylic acid groups (broad SMARTS) is 1. The number of carboxylic acids is 1. The highest BCUT2D eigenvalue weighted by molar-refractivity contribution is 8.18. The zero-order valence-electron chi connectivity index (χ0n) is 11.9. The van der Waals surface area contributed by atoms with Crippen molar-refractivity contribution >= 4 is 35.0 Å². The van der Waals surface area contributed by atoms with Crippen LogP contribution in [0.15, 0.2) is 29.2 Å². The first-order chi connectivity index (χ1) is 10.5. The standard InChI is InChI=1S/C15H15NO5S/c1-2-7-16-14(19)12(22-15(16)20)8-10-5-3-4-6-11(10)21-9-13(17)18/h3-6,8H,2,7,9H2,1H3,(H,17,18)/b12-8+. The number of thioether (sulfide) groups is 1. The average molecular weight is 321 g/mol. The minimum Gasteiger partial charge on any atom is -0.481 e. The summed E-state index contributed by atoms with van der Waals surface area (Å²) in [4.78, 5) is 36.1. The molecule has 1 saturated heterocycles. The summed E-state index contributed by atoms with van der Waals surface area (Å²) in [5.41, 5.74) is 0.561. The van der Waals surface area contributed by atoms with Gasteiger partial charge in [0, 0.05) is 12.1 Å². The SMILES string of the molecule is CCCN1C(=O)S/C(=C/c2ccccc2OCC(=O)O)C1=O. The molecule has 0 unspecified atom stereocenters. The van der Waals surface area contributed by atoms with E-state index in [1.54, 1.807) is 30.3 Å². The molecule has 1 N–H and O–H groups in total. The molecule has 1 fully saturated rings. The molecule has 6 nitrogen and oxygen atoms in total. The Morgan fingerprint density at radius 1 is 1.36 bits per heavy atom. The summed E-state index contributed by atoms with van der Waals surface area (Å²) >= 11 is 0.876. The Morgan fingerprint density at radius 2 is 2.09 bits per heavy atom. The van der Waals surface area contributed by atoms with E-state index in [0.29, 0.717) is 29.2 Å². The van der Waals surface area contributed by atoms with Crippen LogP contribution in [0.25, 0.3) is 6.08 Å². The summed E-state index contributed by atoms with van der Waals surface area (Å²) < 4.78 is 5.18. The molecule has 0 spiro atoms. The van der Waals surface area contributed by atoms with Crippen LogP contribution in [0.3, 0.4) is 0 Å². The highest BCUT2D eigenvalue weighted by atomic mass is 32.2. The van der Waals surface area contributed by atoms with Gasteiger partial charge in [-0.1, -0.05) is 25.1 Å². The van der Waals surface area contributed by atoms with Crippen LogP contribution >= 0.6 is 11.8 Å². The van der Waals surface area contributed by atoms with Gasteiger partial charge in [-0.05, 0) is 30.3 Å². The molecule has 1 aliphatic rings. The van der Waals surface area contributed by atoms with Gasteiger partial charge in [-0.25, -0.2) is 4.79 Å². The van der Waals surface area contributed by atoms with Gasteiger partial charge < -0.3 is 9.84 Å². The van der Waals surface area contributed by atoms with Crippen molar-refractivity contribution in [2.24, 2.45) is 0 Å². The number of amides is 2. The molecule has 0 bridgehead atoms. The number of carbonyl (C=O) groups is 3. The van der Waals surface area contributed by atoms with Gasteiger partial charge in [-0.3, -0.25) is 14.5 Å². The number of imide groups is 1. The molecule has 1 heterocycles. The number of aliphatic carboxylic acids is 1. The van der Waals surface area contributed by atoms with Crippen LogP contribution in [0.1, 0.15) is 18.9 Å². The zero-order valence-corrected chi connectivity index (χ0v) is 12.8. The summed E-state index contributed by atoms with van der Waals surface area (Å²) in [6.07, 6.45) is 2.25. The summed E-state index contributed by atoms with van der Waals surface area (Å²) in [5, 5.41) is 8.38. The fourth-order valence-electron chi connectivity index (χ4n) is 1.93. The Bertz CT molecular complexity index is 641. The quantitative estimate of drug-likeness (QED) is 0.811. The number of para-hydroxylation sites is 1. The molecule has 1 aromatic rings. The van der Waals surface area contributed by atoms with Crippen molar-refractivity contribution in [3.63, 3.8) is 0 Å². The Hall–Kier alpha value is -2.28. The fraction of sp³-hybridized carbons (Fsp3) is 0.267. The van der Waals surface area contributed by atoms with Gasteiger partial charge in [0.15, 0.2) is 6.61 Å². The number of rotatable bonds is 6.